The molecule has 0 atom stereocenters. The Labute approximate surface area is 136 Å². The van der Waals surface area contributed by atoms with E-state index >= 15 is 0 Å². The number of hydrogen-bond acceptors (Lipinski definition) is 4. The van der Waals surface area contributed by atoms with Gasteiger partial charge in [-0.15, -0.1) is 0 Å². The molecule has 5 nitrogen and oxygen atoms in total. The molecule has 0 saturated carbocycles. The minimum absolute atomic E-state index is 0.128. The Morgan fingerprint density at radius 3 is 1.59 bits per heavy atom. The van der Waals surface area contributed by atoms with Gasteiger partial charge in [0.05, 0.1) is 13.2 Å². The Bertz CT molecular complexity index is 316. The lowest BCUT2D eigenvalue weighted by molar-refractivity contribution is 0.0945. The monoisotopic (exact) mass is 338 g/mol. The second-order valence-electron chi connectivity index (χ2n) is 5.75. The number of unbranched alkanes of at least 4 members (excludes halogenated alkanes) is 11. The van der Waals surface area contributed by atoms with E-state index in [4.69, 9.17) is 9.29 Å². The van der Waals surface area contributed by atoms with E-state index in [-0.39, 0.29) is 13.2 Å². The van der Waals surface area contributed by atoms with Crippen LogP contribution in [0.25, 0.3) is 0 Å². The molecule has 0 aromatic heterocycles. The number of hydrogen-bond donors (Lipinski definition) is 1. The molecule has 0 radical (unpaired) electrons. The largest absolute Gasteiger partial charge is 0.397 e. The summed E-state index contributed by atoms with van der Waals surface area (Å²) in [5.74, 6) is 0. The second-order valence-corrected chi connectivity index (χ2v) is 6.84. The second kappa shape index (κ2) is 15.7. The highest BCUT2D eigenvalue weighted by Crippen LogP contribution is 2.11. The summed E-state index contributed by atoms with van der Waals surface area (Å²) >= 11 is 0. The van der Waals surface area contributed by atoms with Gasteiger partial charge in [0.2, 0.25) is 0 Å². The van der Waals surface area contributed by atoms with Crippen LogP contribution in [-0.2, 0) is 19.3 Å². The van der Waals surface area contributed by atoms with Gasteiger partial charge >= 0.3 is 10.4 Å². The molecule has 0 aromatic rings. The van der Waals surface area contributed by atoms with Crippen LogP contribution in [0.4, 0.5) is 0 Å². The van der Waals surface area contributed by atoms with Gasteiger partial charge in [-0.1, -0.05) is 77.6 Å². The highest BCUT2D eigenvalue weighted by atomic mass is 32.3. The zero-order chi connectivity index (χ0) is 16.5. The molecule has 0 heterocycles. The molecule has 134 valence electrons. The van der Waals surface area contributed by atoms with Crippen LogP contribution >= 0.6 is 0 Å². The van der Waals surface area contributed by atoms with Crippen molar-refractivity contribution >= 4 is 10.4 Å². The summed E-state index contributed by atoms with van der Waals surface area (Å²) in [5, 5.41) is 0. The molecular weight excluding hydrogens is 304 g/mol. The van der Waals surface area contributed by atoms with Gasteiger partial charge in [-0.05, 0) is 6.42 Å². The Morgan fingerprint density at radius 1 is 0.682 bits per heavy atom. The smallest absolute Gasteiger partial charge is 0.379 e. The minimum Gasteiger partial charge on any atom is -0.379 e. The van der Waals surface area contributed by atoms with Crippen molar-refractivity contribution in [2.24, 2.45) is 0 Å². The van der Waals surface area contributed by atoms with Crippen LogP contribution in [0.1, 0.15) is 84.0 Å². The van der Waals surface area contributed by atoms with Gasteiger partial charge in [-0.3, -0.25) is 4.55 Å². The zero-order valence-electron chi connectivity index (χ0n) is 14.1. The van der Waals surface area contributed by atoms with E-state index in [0.29, 0.717) is 6.61 Å². The summed E-state index contributed by atoms with van der Waals surface area (Å²) in [4.78, 5) is 0. The van der Waals surface area contributed by atoms with Crippen molar-refractivity contribution in [3.63, 3.8) is 0 Å². The topological polar surface area (TPSA) is 72.8 Å². The molecule has 0 aliphatic heterocycles. The highest BCUT2D eigenvalue weighted by Gasteiger charge is 2.02. The van der Waals surface area contributed by atoms with Gasteiger partial charge in [-0.2, -0.15) is 8.42 Å². The summed E-state index contributed by atoms with van der Waals surface area (Å²) in [6.45, 7) is 2.93. The molecule has 0 rings (SSSR count). The van der Waals surface area contributed by atoms with Crippen molar-refractivity contribution in [1.82, 2.24) is 0 Å². The summed E-state index contributed by atoms with van der Waals surface area (Å²) in [5.41, 5.74) is 0. The van der Waals surface area contributed by atoms with E-state index in [1.54, 1.807) is 0 Å². The first-order valence-electron chi connectivity index (χ1n) is 8.76. The molecule has 22 heavy (non-hydrogen) atoms. The molecule has 0 aromatic carbocycles. The van der Waals surface area contributed by atoms with Gasteiger partial charge in [0.15, 0.2) is 0 Å². The van der Waals surface area contributed by atoms with Crippen LogP contribution in [0, 0.1) is 0 Å². The summed E-state index contributed by atoms with van der Waals surface area (Å²) in [6.07, 6.45) is 15.6. The third-order valence-corrected chi connectivity index (χ3v) is 4.07. The molecular formula is C16H34O5S. The lowest BCUT2D eigenvalue weighted by Crippen LogP contribution is -2.10. The van der Waals surface area contributed by atoms with Gasteiger partial charge in [0.25, 0.3) is 0 Å². The van der Waals surface area contributed by atoms with Crippen molar-refractivity contribution in [3.05, 3.63) is 0 Å². The van der Waals surface area contributed by atoms with Crippen LogP contribution < -0.4 is 0 Å². The van der Waals surface area contributed by atoms with Crippen molar-refractivity contribution in [1.29, 1.82) is 0 Å². The summed E-state index contributed by atoms with van der Waals surface area (Å²) in [7, 11) is -4.32. The quantitative estimate of drug-likeness (QED) is 0.312. The third-order valence-electron chi connectivity index (χ3n) is 3.60. The molecule has 0 fully saturated rings. The fourth-order valence-electron chi connectivity index (χ4n) is 2.35. The fourth-order valence-corrected chi connectivity index (χ4v) is 2.62. The average Bonchev–Trinajstić information content (AvgIpc) is 2.45. The Balaban J connectivity index is 3.03. The maximum absolute atomic E-state index is 10.3. The molecule has 0 bridgehead atoms. The van der Waals surface area contributed by atoms with Crippen LogP contribution in [0.2, 0.25) is 0 Å². The SMILES string of the molecule is CCCCCCCCCCCCCCOCCOS(=O)(=O)O. The lowest BCUT2D eigenvalue weighted by atomic mass is 10.1. The Morgan fingerprint density at radius 2 is 1.14 bits per heavy atom. The van der Waals surface area contributed by atoms with Crippen LogP contribution in [-0.4, -0.2) is 32.8 Å². The van der Waals surface area contributed by atoms with Gasteiger partial charge in [-0.25, -0.2) is 4.18 Å². The fraction of sp³-hybridized carbons (Fsp3) is 1.00. The molecule has 0 unspecified atom stereocenters. The lowest BCUT2D eigenvalue weighted by Gasteiger charge is -2.04. The first-order chi connectivity index (χ1) is 10.6. The Hall–Kier alpha value is -0.170. The van der Waals surface area contributed by atoms with Gasteiger partial charge in [0.1, 0.15) is 0 Å². The summed E-state index contributed by atoms with van der Waals surface area (Å²) < 4.78 is 38.2. The van der Waals surface area contributed by atoms with E-state index in [2.05, 4.69) is 11.1 Å². The zero-order valence-corrected chi connectivity index (χ0v) is 14.9. The van der Waals surface area contributed by atoms with E-state index in [0.717, 1.165) is 12.8 Å². The number of ether oxygens (including phenoxy) is 1. The molecule has 1 N–H and O–H groups in total. The molecule has 0 amide bonds. The van der Waals surface area contributed by atoms with E-state index in [9.17, 15) is 8.42 Å². The van der Waals surface area contributed by atoms with Crippen molar-refractivity contribution in [3.8, 4) is 0 Å². The standard InChI is InChI=1S/C16H34O5S/c1-2-3-4-5-6-7-8-9-10-11-12-13-14-20-15-16-21-22(17,18)19/h2-16H2,1H3,(H,17,18,19). The molecule has 0 saturated heterocycles. The Kier molecular flexibility index (Phi) is 15.6. The first-order valence-corrected chi connectivity index (χ1v) is 10.1. The first kappa shape index (κ1) is 21.8. The van der Waals surface area contributed by atoms with Crippen molar-refractivity contribution in [2.75, 3.05) is 19.8 Å². The highest BCUT2D eigenvalue weighted by molar-refractivity contribution is 7.80. The maximum Gasteiger partial charge on any atom is 0.397 e. The molecule has 0 spiro atoms. The maximum atomic E-state index is 10.3. The van der Waals surface area contributed by atoms with E-state index in [1.807, 2.05) is 0 Å². The normalized spacial score (nSPS) is 11.9. The van der Waals surface area contributed by atoms with Gasteiger partial charge < -0.3 is 4.74 Å². The predicted molar refractivity (Wildman–Crippen MR) is 89.4 cm³/mol. The van der Waals surface area contributed by atoms with E-state index < -0.39 is 10.4 Å². The van der Waals surface area contributed by atoms with Crippen LogP contribution in [0.5, 0.6) is 0 Å². The summed E-state index contributed by atoms with van der Waals surface area (Å²) in [6, 6.07) is 0. The van der Waals surface area contributed by atoms with Gasteiger partial charge in [0, 0.05) is 6.61 Å². The van der Waals surface area contributed by atoms with Crippen LogP contribution in [0.15, 0.2) is 0 Å². The predicted octanol–water partition coefficient (Wildman–Crippen LogP) is 4.52. The van der Waals surface area contributed by atoms with E-state index in [1.165, 1.54) is 64.2 Å². The third kappa shape index (κ3) is 19.8. The molecule has 6 heteroatoms. The van der Waals surface area contributed by atoms with Crippen LogP contribution in [0.3, 0.4) is 0 Å². The minimum atomic E-state index is -4.32. The average molecular weight is 339 g/mol. The molecule has 0 aliphatic rings. The molecule has 0 aliphatic carbocycles. The number of rotatable bonds is 17. The van der Waals surface area contributed by atoms with Crippen molar-refractivity contribution in [2.45, 2.75) is 84.0 Å². The van der Waals surface area contributed by atoms with Crippen molar-refractivity contribution < 1.29 is 21.9 Å².